The number of carbonyl (C=O) groups is 2. The molecule has 2 aromatic carbocycles. The number of carbonyl (C=O) groups excluding carboxylic acids is 2. The standard InChI is InChI=1S/C22H23N3O6S/c1-30-21(28)17(24-19(26)12-23)10-13-2-6-15(7-3-13)31-16-8-4-14(5-9-16)11-18-20(27)25-22(29)32-18/h2-9,17,27H,10-12,23H2,1H3,(H,24,26)(H,25,29). The summed E-state index contributed by atoms with van der Waals surface area (Å²) in [5.74, 6) is 0.133. The van der Waals surface area contributed by atoms with E-state index in [1.807, 2.05) is 12.1 Å². The first-order valence-electron chi connectivity index (χ1n) is 9.72. The minimum absolute atomic E-state index is 0.0996. The quantitative estimate of drug-likeness (QED) is 0.358. The van der Waals surface area contributed by atoms with Crippen LogP contribution in [0.4, 0.5) is 0 Å². The maximum absolute atomic E-state index is 11.9. The van der Waals surface area contributed by atoms with Gasteiger partial charge in [0.1, 0.15) is 17.5 Å². The zero-order valence-electron chi connectivity index (χ0n) is 17.3. The van der Waals surface area contributed by atoms with Crippen molar-refractivity contribution >= 4 is 23.2 Å². The predicted molar refractivity (Wildman–Crippen MR) is 119 cm³/mol. The number of hydrogen-bond donors (Lipinski definition) is 4. The van der Waals surface area contributed by atoms with E-state index in [1.54, 1.807) is 36.4 Å². The summed E-state index contributed by atoms with van der Waals surface area (Å²) in [5.41, 5.74) is 7.03. The van der Waals surface area contributed by atoms with Crippen molar-refractivity contribution in [2.45, 2.75) is 18.9 Å². The summed E-state index contributed by atoms with van der Waals surface area (Å²) in [5, 5.41) is 12.2. The third kappa shape index (κ3) is 6.19. The first-order chi connectivity index (χ1) is 15.4. The molecule has 1 atom stereocenters. The van der Waals surface area contributed by atoms with E-state index in [4.69, 9.17) is 15.2 Å². The number of thiazole rings is 1. The Kier molecular flexibility index (Phi) is 7.63. The van der Waals surface area contributed by atoms with Gasteiger partial charge in [0, 0.05) is 12.8 Å². The molecule has 0 radical (unpaired) electrons. The second kappa shape index (κ2) is 10.6. The number of aromatic nitrogens is 1. The lowest BCUT2D eigenvalue weighted by atomic mass is 10.1. The third-order valence-corrected chi connectivity index (χ3v) is 5.47. The molecule has 0 aliphatic rings. The van der Waals surface area contributed by atoms with Gasteiger partial charge in [-0.25, -0.2) is 4.79 Å². The number of amides is 1. The number of benzene rings is 2. The molecule has 0 spiro atoms. The number of aromatic amines is 1. The molecule has 5 N–H and O–H groups in total. The van der Waals surface area contributed by atoms with Crippen LogP contribution in [0.15, 0.2) is 53.3 Å². The number of rotatable bonds is 9. The van der Waals surface area contributed by atoms with Gasteiger partial charge in [-0.3, -0.25) is 14.6 Å². The highest BCUT2D eigenvalue weighted by molar-refractivity contribution is 7.09. The Balaban J connectivity index is 1.61. The maximum Gasteiger partial charge on any atom is 0.328 e. The molecule has 0 aliphatic heterocycles. The molecule has 1 aromatic heterocycles. The van der Waals surface area contributed by atoms with Gasteiger partial charge in [-0.1, -0.05) is 35.6 Å². The normalized spacial score (nSPS) is 11.6. The van der Waals surface area contributed by atoms with Crippen molar-refractivity contribution in [3.05, 3.63) is 74.2 Å². The van der Waals surface area contributed by atoms with Gasteiger partial charge in [0.2, 0.25) is 11.8 Å². The van der Waals surface area contributed by atoms with E-state index in [2.05, 4.69) is 10.3 Å². The van der Waals surface area contributed by atoms with E-state index in [0.29, 0.717) is 22.8 Å². The molecule has 3 rings (SSSR count). The average Bonchev–Trinajstić information content (AvgIpc) is 3.11. The lowest BCUT2D eigenvalue weighted by Crippen LogP contribution is -2.45. The SMILES string of the molecule is COC(=O)C(Cc1ccc(Oc2ccc(Cc3sc(=O)[nH]c3O)cc2)cc1)NC(=O)CN. The van der Waals surface area contributed by atoms with Crippen molar-refractivity contribution in [2.75, 3.05) is 13.7 Å². The Hall–Kier alpha value is -3.63. The van der Waals surface area contributed by atoms with Crippen LogP contribution in [0.1, 0.15) is 16.0 Å². The van der Waals surface area contributed by atoms with Crippen LogP contribution in [0.5, 0.6) is 17.4 Å². The fourth-order valence-corrected chi connectivity index (χ4v) is 3.74. The summed E-state index contributed by atoms with van der Waals surface area (Å²) in [6.07, 6.45) is 0.692. The topological polar surface area (TPSA) is 144 Å². The molecule has 10 heteroatoms. The maximum atomic E-state index is 11.9. The van der Waals surface area contributed by atoms with Crippen LogP contribution in [0.25, 0.3) is 0 Å². The Morgan fingerprint density at radius 1 is 1.09 bits per heavy atom. The summed E-state index contributed by atoms with van der Waals surface area (Å²) in [6.45, 7) is -0.217. The third-order valence-electron chi connectivity index (χ3n) is 4.59. The Morgan fingerprint density at radius 2 is 1.69 bits per heavy atom. The van der Waals surface area contributed by atoms with E-state index >= 15 is 0 Å². The highest BCUT2D eigenvalue weighted by Gasteiger charge is 2.21. The molecule has 3 aromatic rings. The molecule has 1 unspecified atom stereocenters. The monoisotopic (exact) mass is 457 g/mol. The van der Waals surface area contributed by atoms with Gasteiger partial charge >= 0.3 is 10.8 Å². The molecule has 0 saturated heterocycles. The Morgan fingerprint density at radius 3 is 2.19 bits per heavy atom. The second-order valence-corrected chi connectivity index (χ2v) is 7.97. The lowest BCUT2D eigenvalue weighted by molar-refractivity contribution is -0.144. The predicted octanol–water partition coefficient (Wildman–Crippen LogP) is 1.68. The number of methoxy groups -OCH3 is 1. The number of nitrogens with one attached hydrogen (secondary N) is 2. The molecule has 0 bridgehead atoms. The summed E-state index contributed by atoms with van der Waals surface area (Å²) in [4.78, 5) is 37.4. The highest BCUT2D eigenvalue weighted by Crippen LogP contribution is 2.25. The Bertz CT molecular complexity index is 1120. The fourth-order valence-electron chi connectivity index (χ4n) is 2.99. The number of ether oxygens (including phenoxy) is 2. The molecule has 168 valence electrons. The zero-order chi connectivity index (χ0) is 23.1. The summed E-state index contributed by atoms with van der Waals surface area (Å²) in [6, 6.07) is 13.6. The molecule has 0 saturated carbocycles. The molecule has 32 heavy (non-hydrogen) atoms. The molecule has 1 amide bonds. The van der Waals surface area contributed by atoms with Gasteiger partial charge in [-0.15, -0.1) is 0 Å². The summed E-state index contributed by atoms with van der Waals surface area (Å²) >= 11 is 0.978. The van der Waals surface area contributed by atoms with Crippen molar-refractivity contribution in [3.8, 4) is 17.4 Å². The zero-order valence-corrected chi connectivity index (χ0v) is 18.1. The highest BCUT2D eigenvalue weighted by atomic mass is 32.1. The smallest absolute Gasteiger partial charge is 0.328 e. The fraction of sp³-hybridized carbons (Fsp3) is 0.227. The van der Waals surface area contributed by atoms with Crippen LogP contribution >= 0.6 is 11.3 Å². The first-order valence-corrected chi connectivity index (χ1v) is 10.5. The van der Waals surface area contributed by atoms with E-state index in [0.717, 1.165) is 22.5 Å². The number of H-pyrrole nitrogens is 1. The molecule has 0 aliphatic carbocycles. The molecule has 9 nitrogen and oxygen atoms in total. The van der Waals surface area contributed by atoms with Gasteiger partial charge < -0.3 is 25.6 Å². The van der Waals surface area contributed by atoms with Crippen molar-refractivity contribution in [1.82, 2.24) is 10.3 Å². The lowest BCUT2D eigenvalue weighted by Gasteiger charge is -2.16. The minimum Gasteiger partial charge on any atom is -0.494 e. The molecular formula is C22H23N3O6S. The van der Waals surface area contributed by atoms with E-state index in [1.165, 1.54) is 7.11 Å². The largest absolute Gasteiger partial charge is 0.494 e. The van der Waals surface area contributed by atoms with Crippen molar-refractivity contribution in [1.29, 1.82) is 0 Å². The molecule has 1 heterocycles. The Labute approximate surface area is 187 Å². The van der Waals surface area contributed by atoms with Crippen LogP contribution < -0.4 is 20.7 Å². The average molecular weight is 458 g/mol. The molecule has 0 fully saturated rings. The van der Waals surface area contributed by atoms with Crippen LogP contribution in [0.3, 0.4) is 0 Å². The van der Waals surface area contributed by atoms with Crippen molar-refractivity contribution in [3.63, 3.8) is 0 Å². The van der Waals surface area contributed by atoms with Gasteiger partial charge in [0.05, 0.1) is 18.5 Å². The van der Waals surface area contributed by atoms with Gasteiger partial charge in [-0.2, -0.15) is 0 Å². The summed E-state index contributed by atoms with van der Waals surface area (Å²) in [7, 11) is 1.26. The first kappa shape index (κ1) is 23.0. The van der Waals surface area contributed by atoms with Crippen molar-refractivity contribution in [2.24, 2.45) is 5.73 Å². The number of esters is 1. The summed E-state index contributed by atoms with van der Waals surface area (Å²) < 4.78 is 10.6. The van der Waals surface area contributed by atoms with E-state index in [9.17, 15) is 19.5 Å². The number of aromatic hydroxyl groups is 1. The van der Waals surface area contributed by atoms with Crippen LogP contribution in [0.2, 0.25) is 0 Å². The number of nitrogens with two attached hydrogens (primary N) is 1. The van der Waals surface area contributed by atoms with Crippen LogP contribution in [-0.4, -0.2) is 41.7 Å². The van der Waals surface area contributed by atoms with E-state index < -0.39 is 17.9 Å². The van der Waals surface area contributed by atoms with Gasteiger partial charge in [0.15, 0.2) is 0 Å². The van der Waals surface area contributed by atoms with Crippen molar-refractivity contribution < 1.29 is 24.2 Å². The second-order valence-electron chi connectivity index (χ2n) is 6.90. The molecular weight excluding hydrogens is 434 g/mol. The van der Waals surface area contributed by atoms with Gasteiger partial charge in [0.25, 0.3) is 0 Å². The minimum atomic E-state index is -0.826. The van der Waals surface area contributed by atoms with Gasteiger partial charge in [-0.05, 0) is 35.4 Å². The number of hydrogen-bond acceptors (Lipinski definition) is 8. The van der Waals surface area contributed by atoms with Crippen LogP contribution in [-0.2, 0) is 27.2 Å². The van der Waals surface area contributed by atoms with Crippen LogP contribution in [0, 0.1) is 0 Å². The van der Waals surface area contributed by atoms with E-state index in [-0.39, 0.29) is 23.7 Å².